The molecular weight excluding hydrogens is 424 g/mol. The number of fused-ring (bicyclic) bond motifs is 1. The van der Waals surface area contributed by atoms with Crippen LogP contribution in [-0.4, -0.2) is 28.5 Å². The Labute approximate surface area is 189 Å². The van der Waals surface area contributed by atoms with Crippen molar-refractivity contribution in [2.75, 3.05) is 18.0 Å². The van der Waals surface area contributed by atoms with Crippen molar-refractivity contribution in [2.45, 2.75) is 26.3 Å². The molecule has 0 unspecified atom stereocenters. The summed E-state index contributed by atoms with van der Waals surface area (Å²) < 4.78 is 7.64. The number of aromatic nitrogens is 2. The Hall–Kier alpha value is -3.39. The summed E-state index contributed by atoms with van der Waals surface area (Å²) in [5, 5.41) is 4.86. The molecule has 164 valence electrons. The Kier molecular flexibility index (Phi) is 5.53. The minimum absolute atomic E-state index is 0.00726. The quantitative estimate of drug-likeness (QED) is 0.501. The van der Waals surface area contributed by atoms with Gasteiger partial charge in [-0.25, -0.2) is 9.55 Å². The molecule has 5 rings (SSSR count). The molecule has 0 aliphatic carbocycles. The first-order valence-corrected chi connectivity index (χ1v) is 11.6. The summed E-state index contributed by atoms with van der Waals surface area (Å²) in [4.78, 5) is 33.2. The Morgan fingerprint density at radius 1 is 1.28 bits per heavy atom. The van der Waals surface area contributed by atoms with Crippen LogP contribution in [0.1, 0.15) is 24.2 Å². The third-order valence-electron chi connectivity index (χ3n) is 5.81. The molecule has 1 saturated heterocycles. The normalized spacial score (nSPS) is 16.4. The zero-order chi connectivity index (χ0) is 22.1. The van der Waals surface area contributed by atoms with Crippen LogP contribution in [0.5, 0.6) is 0 Å². The molecule has 1 atom stereocenters. The molecule has 1 N–H and O–H groups in total. The zero-order valence-electron chi connectivity index (χ0n) is 17.8. The van der Waals surface area contributed by atoms with Crippen LogP contribution >= 0.6 is 11.3 Å². The maximum Gasteiger partial charge on any atom is 0.277 e. The maximum atomic E-state index is 13.4. The fourth-order valence-electron chi connectivity index (χ4n) is 4.22. The topological polar surface area (TPSA) is 80.4 Å². The molecule has 4 aromatic rings. The Morgan fingerprint density at radius 2 is 2.19 bits per heavy atom. The number of carbonyl (C=O) groups is 1. The third-order valence-corrected chi connectivity index (χ3v) is 6.71. The lowest BCUT2D eigenvalue weighted by atomic mass is 9.97. The second kappa shape index (κ2) is 8.63. The average molecular weight is 449 g/mol. The van der Waals surface area contributed by atoms with Gasteiger partial charge >= 0.3 is 0 Å². The summed E-state index contributed by atoms with van der Waals surface area (Å²) >= 11 is 1.41. The third kappa shape index (κ3) is 3.93. The van der Waals surface area contributed by atoms with Crippen molar-refractivity contribution in [3.8, 4) is 5.69 Å². The predicted octanol–water partition coefficient (Wildman–Crippen LogP) is 3.88. The highest BCUT2D eigenvalue weighted by atomic mass is 32.1. The number of furan rings is 1. The number of hydrogen-bond acceptors (Lipinski definition) is 6. The van der Waals surface area contributed by atoms with Gasteiger partial charge in [0.1, 0.15) is 10.5 Å². The van der Waals surface area contributed by atoms with Gasteiger partial charge in [0.05, 0.1) is 29.9 Å². The molecule has 8 heteroatoms. The van der Waals surface area contributed by atoms with Crippen LogP contribution < -0.4 is 15.8 Å². The van der Waals surface area contributed by atoms with Gasteiger partial charge in [-0.15, -0.1) is 11.3 Å². The van der Waals surface area contributed by atoms with E-state index in [1.54, 1.807) is 16.9 Å². The van der Waals surface area contributed by atoms with Crippen molar-refractivity contribution in [1.82, 2.24) is 14.9 Å². The number of anilines is 1. The van der Waals surface area contributed by atoms with E-state index in [2.05, 4.69) is 10.2 Å². The second-order valence-electron chi connectivity index (χ2n) is 8.11. The highest BCUT2D eigenvalue weighted by Gasteiger charge is 2.29. The van der Waals surface area contributed by atoms with Crippen LogP contribution in [0.4, 0.5) is 5.95 Å². The van der Waals surface area contributed by atoms with Gasteiger partial charge < -0.3 is 14.6 Å². The number of carbonyl (C=O) groups excluding carboxylic acids is 1. The summed E-state index contributed by atoms with van der Waals surface area (Å²) in [6.45, 7) is 3.63. The molecule has 0 bridgehead atoms. The minimum atomic E-state index is -0.181. The largest absolute Gasteiger partial charge is 0.467 e. The van der Waals surface area contributed by atoms with E-state index in [1.165, 1.54) is 11.3 Å². The Morgan fingerprint density at radius 3 is 3.00 bits per heavy atom. The maximum absolute atomic E-state index is 13.4. The van der Waals surface area contributed by atoms with Gasteiger partial charge in [-0.1, -0.05) is 12.1 Å². The van der Waals surface area contributed by atoms with E-state index in [0.717, 1.165) is 36.4 Å². The van der Waals surface area contributed by atoms with Gasteiger partial charge in [-0.3, -0.25) is 9.59 Å². The highest BCUT2D eigenvalue weighted by molar-refractivity contribution is 7.17. The number of piperidine rings is 1. The number of rotatable bonds is 5. The van der Waals surface area contributed by atoms with Crippen LogP contribution in [0.3, 0.4) is 0 Å². The molecule has 7 nitrogen and oxygen atoms in total. The fourth-order valence-corrected chi connectivity index (χ4v) is 4.98. The van der Waals surface area contributed by atoms with Crippen molar-refractivity contribution in [2.24, 2.45) is 5.92 Å². The number of nitrogens with one attached hydrogen (secondary N) is 1. The number of thiophene rings is 1. The minimum Gasteiger partial charge on any atom is -0.467 e. The van der Waals surface area contributed by atoms with Gasteiger partial charge in [0, 0.05) is 13.1 Å². The lowest BCUT2D eigenvalue weighted by molar-refractivity contribution is -0.125. The van der Waals surface area contributed by atoms with Gasteiger partial charge in [0.2, 0.25) is 11.9 Å². The molecule has 32 heavy (non-hydrogen) atoms. The second-order valence-corrected chi connectivity index (χ2v) is 9.02. The molecule has 1 aliphatic rings. The van der Waals surface area contributed by atoms with Gasteiger partial charge in [0.15, 0.2) is 0 Å². The zero-order valence-corrected chi connectivity index (χ0v) is 18.6. The number of amides is 1. The van der Waals surface area contributed by atoms with Crippen LogP contribution in [-0.2, 0) is 11.3 Å². The van der Waals surface area contributed by atoms with Crippen molar-refractivity contribution in [3.63, 3.8) is 0 Å². The molecule has 0 spiro atoms. The van der Waals surface area contributed by atoms with Crippen molar-refractivity contribution < 1.29 is 9.21 Å². The van der Waals surface area contributed by atoms with Crippen LogP contribution in [0.25, 0.3) is 15.9 Å². The van der Waals surface area contributed by atoms with Gasteiger partial charge in [-0.2, -0.15) is 0 Å². The lowest BCUT2D eigenvalue weighted by Crippen LogP contribution is -2.45. The smallest absolute Gasteiger partial charge is 0.277 e. The molecule has 0 radical (unpaired) electrons. The number of hydrogen-bond donors (Lipinski definition) is 1. The van der Waals surface area contributed by atoms with E-state index in [4.69, 9.17) is 9.40 Å². The predicted molar refractivity (Wildman–Crippen MR) is 125 cm³/mol. The molecule has 1 amide bonds. The molecule has 1 aliphatic heterocycles. The number of nitrogens with zero attached hydrogens (tertiary/aromatic N) is 3. The standard InChI is InChI=1S/C24H24N4O3S/c1-16-5-2-7-18(13-16)28-23(30)21-20(9-12-32-21)26-24(28)27-10-3-6-17(15-27)22(29)25-14-19-8-4-11-31-19/h2,4-5,7-9,11-13,17H,3,6,10,14-15H2,1H3,(H,25,29)/t17-/m1/s1. The van der Waals surface area contributed by atoms with Crippen LogP contribution in [0.2, 0.25) is 0 Å². The molecule has 1 fully saturated rings. The average Bonchev–Trinajstić information content (AvgIpc) is 3.49. The van der Waals surface area contributed by atoms with E-state index < -0.39 is 0 Å². The molecule has 0 saturated carbocycles. The first-order chi connectivity index (χ1) is 15.6. The summed E-state index contributed by atoms with van der Waals surface area (Å²) in [6.07, 6.45) is 3.25. The summed E-state index contributed by atoms with van der Waals surface area (Å²) in [6, 6.07) is 13.4. The molecule has 4 heterocycles. The lowest BCUT2D eigenvalue weighted by Gasteiger charge is -2.34. The van der Waals surface area contributed by atoms with Gasteiger partial charge in [0.25, 0.3) is 5.56 Å². The van der Waals surface area contributed by atoms with Crippen molar-refractivity contribution in [1.29, 1.82) is 0 Å². The molecular formula is C24H24N4O3S. The van der Waals surface area contributed by atoms with Gasteiger partial charge in [-0.05, 0) is 61.0 Å². The van der Waals surface area contributed by atoms with Crippen molar-refractivity contribution >= 4 is 33.4 Å². The first kappa shape index (κ1) is 20.5. The number of aryl methyl sites for hydroxylation is 1. The van der Waals surface area contributed by atoms with E-state index in [-0.39, 0.29) is 17.4 Å². The summed E-state index contributed by atoms with van der Waals surface area (Å²) in [7, 11) is 0. The van der Waals surface area contributed by atoms with Crippen LogP contribution in [0, 0.1) is 12.8 Å². The highest BCUT2D eigenvalue weighted by Crippen LogP contribution is 2.27. The summed E-state index contributed by atoms with van der Waals surface area (Å²) in [5.74, 6) is 1.13. The Balaban J connectivity index is 1.47. The van der Waals surface area contributed by atoms with E-state index >= 15 is 0 Å². The monoisotopic (exact) mass is 448 g/mol. The van der Waals surface area contributed by atoms with E-state index in [1.807, 2.05) is 48.7 Å². The van der Waals surface area contributed by atoms with Crippen LogP contribution in [0.15, 0.2) is 63.3 Å². The van der Waals surface area contributed by atoms with E-state index in [0.29, 0.717) is 29.3 Å². The molecule has 1 aromatic carbocycles. The first-order valence-electron chi connectivity index (χ1n) is 10.7. The van der Waals surface area contributed by atoms with E-state index in [9.17, 15) is 9.59 Å². The SMILES string of the molecule is Cc1cccc(-n2c(N3CCC[C@@H](C(=O)NCc4ccco4)C3)nc3ccsc3c2=O)c1. The number of benzene rings is 1. The summed E-state index contributed by atoms with van der Waals surface area (Å²) in [5.41, 5.74) is 2.48. The Bertz CT molecular complexity index is 1310. The van der Waals surface area contributed by atoms with Crippen molar-refractivity contribution in [3.05, 3.63) is 75.8 Å². The fraction of sp³-hybridized carbons (Fsp3) is 0.292. The molecule has 3 aromatic heterocycles.